The van der Waals surface area contributed by atoms with Gasteiger partial charge < -0.3 is 15.6 Å². The number of nitrogen functional groups attached to an aromatic ring is 1. The van der Waals surface area contributed by atoms with Crippen molar-refractivity contribution < 1.29 is 4.92 Å². The SMILES string of the molecule is CC(C)N(C)CCNc1cccc(NN)c1[N+](=O)[O-]. The zero-order chi connectivity index (χ0) is 14.4. The normalized spacial score (nSPS) is 10.8. The summed E-state index contributed by atoms with van der Waals surface area (Å²) in [5.41, 5.74) is 3.08. The molecule has 0 spiro atoms. The summed E-state index contributed by atoms with van der Waals surface area (Å²) in [6.45, 7) is 5.63. The van der Waals surface area contributed by atoms with E-state index < -0.39 is 4.92 Å². The van der Waals surface area contributed by atoms with Crippen molar-refractivity contribution in [2.24, 2.45) is 5.84 Å². The van der Waals surface area contributed by atoms with Gasteiger partial charge in [-0.05, 0) is 33.0 Å². The van der Waals surface area contributed by atoms with Gasteiger partial charge in [-0.1, -0.05) is 6.07 Å². The molecular weight excluding hydrogens is 246 g/mol. The molecule has 1 aromatic rings. The van der Waals surface area contributed by atoms with Gasteiger partial charge in [-0.25, -0.2) is 0 Å². The standard InChI is InChI=1S/C12H21N5O2/c1-9(2)16(3)8-7-14-10-5-4-6-11(15-13)12(10)17(18)19/h4-6,9,14-15H,7-8,13H2,1-3H3. The summed E-state index contributed by atoms with van der Waals surface area (Å²) in [6.07, 6.45) is 0. The molecule has 0 atom stereocenters. The molecule has 0 radical (unpaired) electrons. The Morgan fingerprint density at radius 3 is 2.58 bits per heavy atom. The maximum Gasteiger partial charge on any atom is 0.316 e. The molecule has 0 saturated carbocycles. The summed E-state index contributed by atoms with van der Waals surface area (Å²) in [5, 5.41) is 14.1. The highest BCUT2D eigenvalue weighted by Gasteiger charge is 2.18. The van der Waals surface area contributed by atoms with E-state index in [0.717, 1.165) is 6.54 Å². The van der Waals surface area contributed by atoms with Crippen LogP contribution in [0.1, 0.15) is 13.8 Å². The number of hydrazine groups is 1. The van der Waals surface area contributed by atoms with Gasteiger partial charge >= 0.3 is 5.69 Å². The van der Waals surface area contributed by atoms with Gasteiger partial charge in [-0.2, -0.15) is 0 Å². The molecule has 7 heteroatoms. The minimum Gasteiger partial charge on any atom is -0.378 e. The number of benzene rings is 1. The Bertz CT molecular complexity index is 436. The van der Waals surface area contributed by atoms with Gasteiger partial charge in [0.05, 0.1) is 4.92 Å². The summed E-state index contributed by atoms with van der Waals surface area (Å²) in [5.74, 6) is 5.28. The molecule has 4 N–H and O–H groups in total. The van der Waals surface area contributed by atoms with Gasteiger partial charge in [0.1, 0.15) is 11.4 Å². The molecular formula is C12H21N5O2. The number of nitro groups is 1. The number of nitrogens with two attached hydrogens (primary N) is 1. The molecule has 0 aliphatic heterocycles. The lowest BCUT2D eigenvalue weighted by Gasteiger charge is -2.21. The number of anilines is 2. The van der Waals surface area contributed by atoms with Gasteiger partial charge in [-0.3, -0.25) is 16.0 Å². The Morgan fingerprint density at radius 1 is 1.42 bits per heavy atom. The van der Waals surface area contributed by atoms with Crippen molar-refractivity contribution >= 4 is 17.1 Å². The van der Waals surface area contributed by atoms with E-state index in [4.69, 9.17) is 5.84 Å². The number of hydrogen-bond acceptors (Lipinski definition) is 6. The Morgan fingerprint density at radius 2 is 2.05 bits per heavy atom. The molecule has 0 amide bonds. The zero-order valence-corrected chi connectivity index (χ0v) is 11.5. The van der Waals surface area contributed by atoms with E-state index in [-0.39, 0.29) is 5.69 Å². The van der Waals surface area contributed by atoms with Crippen molar-refractivity contribution in [3.05, 3.63) is 28.3 Å². The van der Waals surface area contributed by atoms with E-state index in [0.29, 0.717) is 24.0 Å². The first-order valence-electron chi connectivity index (χ1n) is 6.15. The molecule has 0 aromatic heterocycles. The molecule has 0 aliphatic rings. The first kappa shape index (κ1) is 15.2. The minimum absolute atomic E-state index is 0.0304. The topological polar surface area (TPSA) is 96.5 Å². The van der Waals surface area contributed by atoms with Crippen molar-refractivity contribution in [2.75, 3.05) is 30.9 Å². The van der Waals surface area contributed by atoms with Crippen LogP contribution in [0.25, 0.3) is 0 Å². The third-order valence-corrected chi connectivity index (χ3v) is 3.04. The summed E-state index contributed by atoms with van der Waals surface area (Å²) in [4.78, 5) is 12.8. The molecule has 19 heavy (non-hydrogen) atoms. The lowest BCUT2D eigenvalue weighted by atomic mass is 10.2. The fraction of sp³-hybridized carbons (Fsp3) is 0.500. The fourth-order valence-corrected chi connectivity index (χ4v) is 1.62. The van der Waals surface area contributed by atoms with E-state index in [1.807, 2.05) is 7.05 Å². The number of nitro benzene ring substituents is 1. The second kappa shape index (κ2) is 6.91. The van der Waals surface area contributed by atoms with Crippen LogP contribution >= 0.6 is 0 Å². The Hall–Kier alpha value is -1.86. The van der Waals surface area contributed by atoms with Crippen LogP contribution in [-0.4, -0.2) is 36.0 Å². The highest BCUT2D eigenvalue weighted by Crippen LogP contribution is 2.31. The average molecular weight is 267 g/mol. The zero-order valence-electron chi connectivity index (χ0n) is 11.5. The Kier molecular flexibility index (Phi) is 5.53. The predicted molar refractivity (Wildman–Crippen MR) is 77.2 cm³/mol. The van der Waals surface area contributed by atoms with Gasteiger partial charge in [0.2, 0.25) is 0 Å². The second-order valence-electron chi connectivity index (χ2n) is 4.60. The number of likely N-dealkylation sites (N-methyl/N-ethyl adjacent to an activating group) is 1. The van der Waals surface area contributed by atoms with E-state index >= 15 is 0 Å². The van der Waals surface area contributed by atoms with Crippen LogP contribution in [0.15, 0.2) is 18.2 Å². The average Bonchev–Trinajstić information content (AvgIpc) is 2.37. The first-order valence-corrected chi connectivity index (χ1v) is 6.15. The van der Waals surface area contributed by atoms with Crippen LogP contribution in [0.2, 0.25) is 0 Å². The lowest BCUT2D eigenvalue weighted by molar-refractivity contribution is -0.383. The quantitative estimate of drug-likeness (QED) is 0.395. The molecule has 0 saturated heterocycles. The molecule has 1 aromatic carbocycles. The highest BCUT2D eigenvalue weighted by atomic mass is 16.6. The van der Waals surface area contributed by atoms with Gasteiger partial charge in [0.25, 0.3) is 0 Å². The maximum atomic E-state index is 11.1. The Labute approximate surface area is 112 Å². The van der Waals surface area contributed by atoms with E-state index in [1.54, 1.807) is 18.2 Å². The molecule has 0 aliphatic carbocycles. The summed E-state index contributed by atoms with van der Waals surface area (Å²) in [7, 11) is 2.01. The van der Waals surface area contributed by atoms with Gasteiger partial charge in [0, 0.05) is 19.1 Å². The smallest absolute Gasteiger partial charge is 0.316 e. The third kappa shape index (κ3) is 4.08. The molecule has 0 heterocycles. The molecule has 0 bridgehead atoms. The summed E-state index contributed by atoms with van der Waals surface area (Å²) >= 11 is 0. The molecule has 0 fully saturated rings. The van der Waals surface area contributed by atoms with Crippen molar-refractivity contribution in [3.8, 4) is 0 Å². The largest absolute Gasteiger partial charge is 0.378 e. The molecule has 106 valence electrons. The van der Waals surface area contributed by atoms with Crippen molar-refractivity contribution in [1.82, 2.24) is 4.90 Å². The predicted octanol–water partition coefficient (Wildman–Crippen LogP) is 1.63. The van der Waals surface area contributed by atoms with Gasteiger partial charge in [-0.15, -0.1) is 0 Å². The molecule has 7 nitrogen and oxygen atoms in total. The summed E-state index contributed by atoms with van der Waals surface area (Å²) < 4.78 is 0. The number of rotatable bonds is 7. The van der Waals surface area contributed by atoms with Crippen molar-refractivity contribution in [1.29, 1.82) is 0 Å². The Balaban J connectivity index is 2.75. The van der Waals surface area contributed by atoms with E-state index in [1.165, 1.54) is 0 Å². The third-order valence-electron chi connectivity index (χ3n) is 3.04. The van der Waals surface area contributed by atoms with Crippen LogP contribution in [0.4, 0.5) is 17.1 Å². The van der Waals surface area contributed by atoms with Crippen molar-refractivity contribution in [2.45, 2.75) is 19.9 Å². The number of hydrogen-bond donors (Lipinski definition) is 3. The second-order valence-corrected chi connectivity index (χ2v) is 4.60. The van der Waals surface area contributed by atoms with Crippen LogP contribution < -0.4 is 16.6 Å². The maximum absolute atomic E-state index is 11.1. The van der Waals surface area contributed by atoms with Crippen molar-refractivity contribution in [3.63, 3.8) is 0 Å². The van der Waals surface area contributed by atoms with Gasteiger partial charge in [0.15, 0.2) is 0 Å². The van der Waals surface area contributed by atoms with Crippen LogP contribution in [0, 0.1) is 10.1 Å². The first-order chi connectivity index (χ1) is 8.97. The number of nitrogens with one attached hydrogen (secondary N) is 2. The molecule has 0 unspecified atom stereocenters. The summed E-state index contributed by atoms with van der Waals surface area (Å²) in [6, 6.07) is 5.41. The monoisotopic (exact) mass is 267 g/mol. The highest BCUT2D eigenvalue weighted by molar-refractivity contribution is 5.75. The fourth-order valence-electron chi connectivity index (χ4n) is 1.62. The number of nitrogens with zero attached hydrogens (tertiary/aromatic N) is 2. The van der Waals surface area contributed by atoms with Crippen LogP contribution in [-0.2, 0) is 0 Å². The van der Waals surface area contributed by atoms with E-state index in [2.05, 4.69) is 29.5 Å². The number of para-hydroxylation sites is 1. The minimum atomic E-state index is -0.441. The van der Waals surface area contributed by atoms with E-state index in [9.17, 15) is 10.1 Å². The molecule has 1 rings (SSSR count). The van der Waals surface area contributed by atoms with Crippen LogP contribution in [0.5, 0.6) is 0 Å². The lowest BCUT2D eigenvalue weighted by Crippen LogP contribution is -2.31. The van der Waals surface area contributed by atoms with Crippen LogP contribution in [0.3, 0.4) is 0 Å².